The molecule has 4 aromatic heterocycles. The average molecular weight is 534 g/mol. The van der Waals surface area contributed by atoms with Crippen LogP contribution < -0.4 is 5.32 Å². The van der Waals surface area contributed by atoms with Crippen molar-refractivity contribution in [3.8, 4) is 11.4 Å². The van der Waals surface area contributed by atoms with E-state index in [0.29, 0.717) is 0 Å². The van der Waals surface area contributed by atoms with E-state index >= 15 is 0 Å². The van der Waals surface area contributed by atoms with Gasteiger partial charge in [0.25, 0.3) is 0 Å². The van der Waals surface area contributed by atoms with Gasteiger partial charge in [-0.3, -0.25) is 9.89 Å². The van der Waals surface area contributed by atoms with E-state index in [-0.39, 0.29) is 17.7 Å². The molecule has 39 heavy (non-hydrogen) atoms. The molecule has 0 aliphatic heterocycles. The van der Waals surface area contributed by atoms with E-state index in [2.05, 4.69) is 82.2 Å². The lowest BCUT2D eigenvalue weighted by Gasteiger charge is -2.09. The Balaban J connectivity index is 1.40. The molecule has 0 saturated heterocycles. The first-order valence-corrected chi connectivity index (χ1v) is 14.2. The Hall–Kier alpha value is -4.23. The van der Waals surface area contributed by atoms with Crippen LogP contribution in [0.5, 0.6) is 0 Å². The number of carbonyl (C=O) groups excluding carboxylic acids is 1. The van der Waals surface area contributed by atoms with Crippen molar-refractivity contribution in [2.45, 2.75) is 34.1 Å². The van der Waals surface area contributed by atoms with Crippen LogP contribution in [0.4, 0.5) is 0 Å². The number of H-pyrrole nitrogens is 2. The van der Waals surface area contributed by atoms with Gasteiger partial charge in [0.1, 0.15) is 11.2 Å². The lowest BCUT2D eigenvalue weighted by atomic mass is 10.0. The summed E-state index contributed by atoms with van der Waals surface area (Å²) < 4.78 is 0. The van der Waals surface area contributed by atoms with E-state index in [1.807, 2.05) is 38.1 Å². The number of thiophene rings is 1. The number of amides is 1. The minimum absolute atomic E-state index is 0.00658. The Labute approximate surface area is 232 Å². The number of fused-ring (bicyclic) bond motifs is 2. The van der Waals surface area contributed by atoms with E-state index in [0.717, 1.165) is 45.8 Å². The maximum absolute atomic E-state index is 12.4. The minimum atomic E-state index is -0.0965. The van der Waals surface area contributed by atoms with E-state index in [4.69, 9.17) is 4.98 Å². The van der Waals surface area contributed by atoms with Crippen molar-refractivity contribution >= 4 is 39.4 Å². The smallest absolute Gasteiger partial charge is 0.226 e. The van der Waals surface area contributed by atoms with Crippen LogP contribution in [-0.2, 0) is 11.2 Å². The molecule has 196 valence electrons. The van der Waals surface area contributed by atoms with E-state index in [1.54, 1.807) is 11.3 Å². The van der Waals surface area contributed by atoms with Crippen LogP contribution in [0, 0.1) is 11.8 Å². The van der Waals surface area contributed by atoms with Gasteiger partial charge in [-0.15, -0.1) is 11.3 Å². The number of hydrogen-bond acceptors (Lipinski definition) is 4. The normalized spacial score (nSPS) is 17.2. The molecule has 2 aliphatic rings. The Bertz CT molecular complexity index is 1720. The third-order valence-corrected chi connectivity index (χ3v) is 7.95. The second kappa shape index (κ2) is 10.2. The van der Waals surface area contributed by atoms with Crippen LogP contribution in [0.25, 0.3) is 33.6 Å². The molecule has 0 bridgehead atoms. The number of aromatic nitrogens is 4. The van der Waals surface area contributed by atoms with Gasteiger partial charge in [0.2, 0.25) is 5.91 Å². The molecule has 4 aromatic rings. The van der Waals surface area contributed by atoms with Crippen LogP contribution in [0.3, 0.4) is 0 Å². The first-order chi connectivity index (χ1) is 18.9. The zero-order valence-corrected chi connectivity index (χ0v) is 23.3. The molecule has 1 atom stereocenters. The zero-order chi connectivity index (χ0) is 27.1. The summed E-state index contributed by atoms with van der Waals surface area (Å²) in [5.41, 5.74) is 10.9. The van der Waals surface area contributed by atoms with Crippen molar-refractivity contribution in [1.82, 2.24) is 25.5 Å². The van der Waals surface area contributed by atoms with Gasteiger partial charge in [0.05, 0.1) is 16.9 Å². The van der Waals surface area contributed by atoms with E-state index in [9.17, 15) is 4.79 Å². The highest BCUT2D eigenvalue weighted by Crippen LogP contribution is 2.37. The minimum Gasteiger partial charge on any atom is -0.356 e. The fourth-order valence-corrected chi connectivity index (χ4v) is 5.70. The van der Waals surface area contributed by atoms with Crippen molar-refractivity contribution in [3.63, 3.8) is 0 Å². The van der Waals surface area contributed by atoms with Gasteiger partial charge in [-0.1, -0.05) is 56.7 Å². The number of carbonyl (C=O) groups is 1. The molecule has 6 rings (SSSR count). The quantitative estimate of drug-likeness (QED) is 0.254. The van der Waals surface area contributed by atoms with Gasteiger partial charge in [-0.05, 0) is 60.2 Å². The fourth-order valence-electron chi connectivity index (χ4n) is 4.93. The highest BCUT2D eigenvalue weighted by Gasteiger charge is 2.21. The summed E-state index contributed by atoms with van der Waals surface area (Å²) in [5, 5.41) is 13.0. The Kier molecular flexibility index (Phi) is 6.53. The van der Waals surface area contributed by atoms with Crippen molar-refractivity contribution < 1.29 is 4.79 Å². The molecule has 6 nitrogen and oxygen atoms in total. The maximum atomic E-state index is 12.4. The number of rotatable bonds is 5. The maximum Gasteiger partial charge on any atom is 0.226 e. The van der Waals surface area contributed by atoms with Gasteiger partial charge in [-0.25, -0.2) is 4.98 Å². The largest absolute Gasteiger partial charge is 0.356 e. The molecule has 3 N–H and O–H groups in total. The summed E-state index contributed by atoms with van der Waals surface area (Å²) in [6, 6.07) is 10.5. The third kappa shape index (κ3) is 4.98. The molecule has 0 fully saturated rings. The molecule has 0 aromatic carbocycles. The summed E-state index contributed by atoms with van der Waals surface area (Å²) in [6.45, 7) is 8.07. The number of nitrogens with zero attached hydrogens (tertiary/aromatic N) is 2. The lowest BCUT2D eigenvalue weighted by Crippen LogP contribution is -2.26. The molecular formula is C32H31N5OS. The molecule has 0 unspecified atom stereocenters. The topological polar surface area (TPSA) is 86.5 Å². The predicted molar refractivity (Wildman–Crippen MR) is 160 cm³/mol. The van der Waals surface area contributed by atoms with Crippen molar-refractivity contribution in [2.24, 2.45) is 11.8 Å². The Morgan fingerprint density at radius 2 is 2.08 bits per heavy atom. The average Bonchev–Trinajstić information content (AvgIpc) is 3.63. The van der Waals surface area contributed by atoms with Gasteiger partial charge in [0.15, 0.2) is 0 Å². The van der Waals surface area contributed by atoms with Crippen LogP contribution in [-0.4, -0.2) is 26.1 Å². The number of allylic oxidation sites excluding steroid dienone is 8. The van der Waals surface area contributed by atoms with Gasteiger partial charge in [-0.2, -0.15) is 5.10 Å². The van der Waals surface area contributed by atoms with Crippen LogP contribution in [0.15, 0.2) is 83.4 Å². The Morgan fingerprint density at radius 1 is 1.21 bits per heavy atom. The monoisotopic (exact) mass is 533 g/mol. The Morgan fingerprint density at radius 3 is 2.87 bits per heavy atom. The first-order valence-electron chi connectivity index (χ1n) is 13.3. The SMILES string of the molecule is CC1=CC=C(c2cccs2)c2cc(-c3n[nH]c4ccc(C5=C[C@@H](C)C=CC(NC(=O)C(C)C)=C5)nc34)[nH]c2C1. The lowest BCUT2D eigenvalue weighted by molar-refractivity contribution is -0.123. The van der Waals surface area contributed by atoms with Gasteiger partial charge in [0, 0.05) is 39.7 Å². The fraction of sp³-hybridized carbons (Fsp3) is 0.219. The third-order valence-electron chi connectivity index (χ3n) is 7.05. The molecule has 7 heteroatoms. The van der Waals surface area contributed by atoms with Crippen LogP contribution in [0.2, 0.25) is 0 Å². The number of aromatic amines is 2. The molecule has 0 saturated carbocycles. The standard InChI is InChI=1S/C32H31N5OS/c1-18(2)32(38)33-22-9-7-19(3)14-21(16-22)25-11-12-26-30(35-25)31(37-36-26)28-17-24-23(29-6-5-13-39-29)10-8-20(4)15-27(24)34-28/h5-14,16-19,34H,15H2,1-4H3,(H,33,38)(H,36,37)/t19-/m0/s1. The summed E-state index contributed by atoms with van der Waals surface area (Å²) in [7, 11) is 0. The molecule has 0 radical (unpaired) electrons. The van der Waals surface area contributed by atoms with Crippen LogP contribution in [0.1, 0.15) is 49.5 Å². The zero-order valence-electron chi connectivity index (χ0n) is 22.5. The molecule has 2 aliphatic carbocycles. The molecule has 0 spiro atoms. The number of nitrogens with one attached hydrogen (secondary N) is 3. The molecule has 1 amide bonds. The first kappa shape index (κ1) is 25.1. The molecule has 4 heterocycles. The summed E-state index contributed by atoms with van der Waals surface area (Å²) in [5.74, 6) is 0.0949. The predicted octanol–water partition coefficient (Wildman–Crippen LogP) is 7.19. The summed E-state index contributed by atoms with van der Waals surface area (Å²) in [4.78, 5) is 22.4. The van der Waals surface area contributed by atoms with Crippen molar-refractivity contribution in [2.75, 3.05) is 0 Å². The van der Waals surface area contributed by atoms with Crippen LogP contribution >= 0.6 is 11.3 Å². The van der Waals surface area contributed by atoms with Crippen molar-refractivity contribution in [3.05, 3.63) is 105 Å². The van der Waals surface area contributed by atoms with Crippen molar-refractivity contribution in [1.29, 1.82) is 0 Å². The molecular weight excluding hydrogens is 502 g/mol. The van der Waals surface area contributed by atoms with E-state index < -0.39 is 0 Å². The summed E-state index contributed by atoms with van der Waals surface area (Å²) in [6.07, 6.45) is 13.5. The second-order valence-corrected chi connectivity index (χ2v) is 11.5. The van der Waals surface area contributed by atoms with E-state index in [1.165, 1.54) is 27.3 Å². The van der Waals surface area contributed by atoms with Gasteiger partial charge >= 0.3 is 0 Å². The summed E-state index contributed by atoms with van der Waals surface area (Å²) >= 11 is 1.75. The van der Waals surface area contributed by atoms with Gasteiger partial charge < -0.3 is 10.3 Å². The second-order valence-electron chi connectivity index (χ2n) is 10.6. The highest BCUT2D eigenvalue weighted by atomic mass is 32.1. The number of hydrogen-bond donors (Lipinski definition) is 3. The highest BCUT2D eigenvalue weighted by molar-refractivity contribution is 7.11. The number of pyridine rings is 1.